The molecule has 0 amide bonds. The maximum absolute atomic E-state index is 5.33. The van der Waals surface area contributed by atoms with Gasteiger partial charge in [0.1, 0.15) is 5.82 Å². The second-order valence-electron chi connectivity index (χ2n) is 5.24. The summed E-state index contributed by atoms with van der Waals surface area (Å²) in [5.41, 5.74) is 0.956. The van der Waals surface area contributed by atoms with Crippen LogP contribution in [0.25, 0.3) is 11.4 Å². The Balaban J connectivity index is 1.97. The summed E-state index contributed by atoms with van der Waals surface area (Å²) >= 11 is 0. The highest BCUT2D eigenvalue weighted by Crippen LogP contribution is 2.31. The molecule has 2 aromatic rings. The molecule has 3 rings (SSSR count). The fraction of sp³-hybridized carbons (Fsp3) is 0.467. The van der Waals surface area contributed by atoms with E-state index in [4.69, 9.17) is 9.47 Å². The first-order chi connectivity index (χ1) is 9.71. The summed E-state index contributed by atoms with van der Waals surface area (Å²) in [5.74, 6) is 3.94. The number of rotatable bonds is 3. The van der Waals surface area contributed by atoms with Gasteiger partial charge in [-0.2, -0.15) is 5.10 Å². The van der Waals surface area contributed by atoms with Gasteiger partial charge in [0, 0.05) is 18.5 Å². The first-order valence-electron chi connectivity index (χ1n) is 6.87. The van der Waals surface area contributed by atoms with Gasteiger partial charge >= 0.3 is 0 Å². The summed E-state index contributed by atoms with van der Waals surface area (Å²) in [5, 5.41) is 4.60. The van der Waals surface area contributed by atoms with Gasteiger partial charge < -0.3 is 9.47 Å². The van der Waals surface area contributed by atoms with Crippen LogP contribution in [-0.2, 0) is 13.0 Å². The predicted molar refractivity (Wildman–Crippen MR) is 76.0 cm³/mol. The lowest BCUT2D eigenvalue weighted by Gasteiger charge is -2.17. The van der Waals surface area contributed by atoms with Gasteiger partial charge in [-0.1, -0.05) is 6.92 Å². The number of aryl methyl sites for hydroxylation is 1. The molecule has 0 N–H and O–H groups in total. The summed E-state index contributed by atoms with van der Waals surface area (Å²) < 4.78 is 12.6. The average Bonchev–Trinajstić information content (AvgIpc) is 2.89. The van der Waals surface area contributed by atoms with E-state index in [1.54, 1.807) is 14.2 Å². The monoisotopic (exact) mass is 273 g/mol. The highest BCUT2D eigenvalue weighted by atomic mass is 16.5. The number of nitrogens with zero attached hydrogens (tertiary/aromatic N) is 3. The average molecular weight is 273 g/mol. The Morgan fingerprint density at radius 1 is 1.20 bits per heavy atom. The van der Waals surface area contributed by atoms with E-state index < -0.39 is 0 Å². The molecule has 1 aromatic heterocycles. The van der Waals surface area contributed by atoms with Gasteiger partial charge in [0.05, 0.1) is 14.2 Å². The minimum Gasteiger partial charge on any atom is -0.493 e. The summed E-state index contributed by atoms with van der Waals surface area (Å²) in [4.78, 5) is 4.66. The third-order valence-corrected chi connectivity index (χ3v) is 3.75. The van der Waals surface area contributed by atoms with Gasteiger partial charge in [-0.05, 0) is 30.5 Å². The quantitative estimate of drug-likeness (QED) is 0.862. The van der Waals surface area contributed by atoms with E-state index in [0.717, 1.165) is 30.2 Å². The van der Waals surface area contributed by atoms with Crippen molar-refractivity contribution < 1.29 is 9.47 Å². The van der Waals surface area contributed by atoms with Crippen LogP contribution in [0.15, 0.2) is 18.2 Å². The van der Waals surface area contributed by atoms with E-state index in [0.29, 0.717) is 17.4 Å². The van der Waals surface area contributed by atoms with Gasteiger partial charge in [0.15, 0.2) is 17.3 Å². The van der Waals surface area contributed by atoms with Crippen molar-refractivity contribution in [1.82, 2.24) is 14.8 Å². The van der Waals surface area contributed by atoms with Crippen molar-refractivity contribution in [3.63, 3.8) is 0 Å². The molecule has 0 radical (unpaired) electrons. The SMILES string of the molecule is COc1ccc(-c2nc3n(n2)CCC(C)C3)cc1OC. The summed E-state index contributed by atoms with van der Waals surface area (Å²) in [6.45, 7) is 3.21. The molecule has 106 valence electrons. The Labute approximate surface area is 118 Å². The van der Waals surface area contributed by atoms with Gasteiger partial charge in [0.2, 0.25) is 0 Å². The van der Waals surface area contributed by atoms with Crippen molar-refractivity contribution >= 4 is 0 Å². The Hall–Kier alpha value is -2.04. The van der Waals surface area contributed by atoms with Gasteiger partial charge in [-0.3, -0.25) is 0 Å². The van der Waals surface area contributed by atoms with E-state index in [-0.39, 0.29) is 0 Å². The van der Waals surface area contributed by atoms with E-state index in [1.165, 1.54) is 6.42 Å². The maximum atomic E-state index is 5.33. The normalized spacial score (nSPS) is 17.6. The van der Waals surface area contributed by atoms with Crippen molar-refractivity contribution in [2.24, 2.45) is 5.92 Å². The first kappa shape index (κ1) is 13.0. The van der Waals surface area contributed by atoms with Crippen LogP contribution in [0.5, 0.6) is 11.5 Å². The lowest BCUT2D eigenvalue weighted by Crippen LogP contribution is -2.18. The molecule has 0 bridgehead atoms. The molecule has 0 aliphatic carbocycles. The molecule has 1 aliphatic heterocycles. The number of benzene rings is 1. The smallest absolute Gasteiger partial charge is 0.181 e. The molecule has 5 heteroatoms. The fourth-order valence-electron chi connectivity index (χ4n) is 2.56. The summed E-state index contributed by atoms with van der Waals surface area (Å²) in [6, 6.07) is 5.77. The highest BCUT2D eigenvalue weighted by Gasteiger charge is 2.19. The van der Waals surface area contributed by atoms with Gasteiger partial charge in [-0.15, -0.1) is 0 Å². The largest absolute Gasteiger partial charge is 0.493 e. The molecule has 5 nitrogen and oxygen atoms in total. The molecule has 1 aliphatic rings. The van der Waals surface area contributed by atoms with E-state index in [1.807, 2.05) is 22.9 Å². The summed E-state index contributed by atoms with van der Waals surface area (Å²) in [6.07, 6.45) is 2.17. The van der Waals surface area contributed by atoms with Crippen LogP contribution in [-0.4, -0.2) is 29.0 Å². The minimum absolute atomic E-state index is 0.685. The van der Waals surface area contributed by atoms with Crippen molar-refractivity contribution in [1.29, 1.82) is 0 Å². The number of fused-ring (bicyclic) bond motifs is 1. The topological polar surface area (TPSA) is 49.2 Å². The minimum atomic E-state index is 0.685. The molecule has 0 spiro atoms. The summed E-state index contributed by atoms with van der Waals surface area (Å²) in [7, 11) is 3.27. The molecule has 1 atom stereocenters. The zero-order valence-electron chi connectivity index (χ0n) is 12.1. The van der Waals surface area contributed by atoms with Crippen LogP contribution in [0.3, 0.4) is 0 Å². The standard InChI is InChI=1S/C15H19N3O2/c1-10-6-7-18-14(8-10)16-15(17-18)11-4-5-12(19-2)13(9-11)20-3/h4-5,9-10H,6-8H2,1-3H3. The van der Waals surface area contributed by atoms with Crippen LogP contribution in [0.4, 0.5) is 0 Å². The van der Waals surface area contributed by atoms with Crippen molar-refractivity contribution in [2.45, 2.75) is 26.3 Å². The second-order valence-corrected chi connectivity index (χ2v) is 5.24. The lowest BCUT2D eigenvalue weighted by atomic mass is 10.0. The fourth-order valence-corrected chi connectivity index (χ4v) is 2.56. The van der Waals surface area contributed by atoms with Gasteiger partial charge in [-0.25, -0.2) is 9.67 Å². The van der Waals surface area contributed by atoms with E-state index in [9.17, 15) is 0 Å². The van der Waals surface area contributed by atoms with Crippen LogP contribution < -0.4 is 9.47 Å². The third kappa shape index (κ3) is 2.24. The van der Waals surface area contributed by atoms with Crippen LogP contribution in [0.2, 0.25) is 0 Å². The van der Waals surface area contributed by atoms with Crippen molar-refractivity contribution in [3.05, 3.63) is 24.0 Å². The number of hydrogen-bond acceptors (Lipinski definition) is 4. The first-order valence-corrected chi connectivity index (χ1v) is 6.87. The predicted octanol–water partition coefficient (Wildman–Crippen LogP) is 2.54. The van der Waals surface area contributed by atoms with Gasteiger partial charge in [0.25, 0.3) is 0 Å². The number of ether oxygens (including phenoxy) is 2. The van der Waals surface area contributed by atoms with Crippen LogP contribution in [0, 0.1) is 5.92 Å². The maximum Gasteiger partial charge on any atom is 0.181 e. The Morgan fingerprint density at radius 2 is 2.00 bits per heavy atom. The molecular formula is C15H19N3O2. The number of hydrogen-bond donors (Lipinski definition) is 0. The molecular weight excluding hydrogens is 254 g/mol. The van der Waals surface area contributed by atoms with Crippen molar-refractivity contribution in [3.8, 4) is 22.9 Å². The molecule has 0 saturated carbocycles. The zero-order chi connectivity index (χ0) is 14.1. The molecule has 0 fully saturated rings. The molecule has 2 heterocycles. The lowest BCUT2D eigenvalue weighted by molar-refractivity contribution is 0.355. The third-order valence-electron chi connectivity index (χ3n) is 3.75. The van der Waals surface area contributed by atoms with Crippen molar-refractivity contribution in [2.75, 3.05) is 14.2 Å². The van der Waals surface area contributed by atoms with E-state index in [2.05, 4.69) is 17.0 Å². The Morgan fingerprint density at radius 3 is 2.75 bits per heavy atom. The molecule has 1 aromatic carbocycles. The second kappa shape index (κ2) is 5.15. The Kier molecular flexibility index (Phi) is 3.34. The van der Waals surface area contributed by atoms with Crippen LogP contribution >= 0.6 is 0 Å². The molecule has 1 unspecified atom stereocenters. The zero-order valence-corrected chi connectivity index (χ0v) is 12.1. The van der Waals surface area contributed by atoms with Crippen LogP contribution in [0.1, 0.15) is 19.2 Å². The number of aromatic nitrogens is 3. The van der Waals surface area contributed by atoms with E-state index >= 15 is 0 Å². The Bertz CT molecular complexity index is 622. The highest BCUT2D eigenvalue weighted by molar-refractivity contribution is 5.61. The molecule has 0 saturated heterocycles. The molecule has 20 heavy (non-hydrogen) atoms. The number of methoxy groups -OCH3 is 2.